The number of hydrogen-bond acceptors (Lipinski definition) is 3. The molecule has 1 fully saturated rings. The van der Waals surface area contributed by atoms with Gasteiger partial charge in [-0.25, -0.2) is 9.37 Å². The second kappa shape index (κ2) is 4.87. The molecule has 100 valence electrons. The molecule has 1 aromatic heterocycles. The van der Waals surface area contributed by atoms with Gasteiger partial charge in [-0.2, -0.15) is 0 Å². The Hall–Kier alpha value is -0.940. The molecule has 2 N–H and O–H groups in total. The molecule has 2 aromatic rings. The monoisotopic (exact) mass is 340 g/mol. The van der Waals surface area contributed by atoms with Gasteiger partial charge < -0.3 is 5.73 Å². The van der Waals surface area contributed by atoms with E-state index in [1.807, 2.05) is 13.0 Å². The first kappa shape index (κ1) is 13.1. The number of hydrogen-bond donors (Lipinski definition) is 1. The third-order valence-electron chi connectivity index (χ3n) is 3.44. The van der Waals surface area contributed by atoms with Crippen LogP contribution in [0.25, 0.3) is 0 Å². The molecule has 5 heteroatoms. The molecule has 0 atom stereocenters. The van der Waals surface area contributed by atoms with Gasteiger partial charge in [0, 0.05) is 17.2 Å². The van der Waals surface area contributed by atoms with Gasteiger partial charge in [0.05, 0.1) is 10.2 Å². The molecule has 1 aliphatic carbocycles. The number of nitrogens with two attached hydrogens (primary N) is 1. The van der Waals surface area contributed by atoms with Gasteiger partial charge in [-0.3, -0.25) is 0 Å². The van der Waals surface area contributed by atoms with E-state index in [2.05, 4.69) is 20.9 Å². The second-order valence-corrected chi connectivity index (χ2v) is 6.97. The summed E-state index contributed by atoms with van der Waals surface area (Å²) in [6.45, 7) is 1.94. The number of aromatic nitrogens is 1. The molecule has 0 saturated heterocycles. The topological polar surface area (TPSA) is 38.9 Å². The maximum Gasteiger partial charge on any atom is 0.180 e. The molecule has 1 saturated carbocycles. The number of rotatable bonds is 3. The minimum Gasteiger partial charge on any atom is -0.375 e. The number of halogens is 2. The van der Waals surface area contributed by atoms with Gasteiger partial charge in [-0.1, -0.05) is 0 Å². The van der Waals surface area contributed by atoms with Gasteiger partial charge in [-0.05, 0) is 59.0 Å². The van der Waals surface area contributed by atoms with E-state index in [1.54, 1.807) is 17.4 Å². The average molecular weight is 341 g/mol. The first-order chi connectivity index (χ1) is 9.04. The molecular formula is C14H14BrFN2S. The third kappa shape index (κ3) is 2.67. The van der Waals surface area contributed by atoms with E-state index in [0.29, 0.717) is 15.5 Å². The summed E-state index contributed by atoms with van der Waals surface area (Å²) in [5, 5.41) is 0.635. The van der Waals surface area contributed by atoms with E-state index in [-0.39, 0.29) is 5.82 Å². The van der Waals surface area contributed by atoms with E-state index < -0.39 is 0 Å². The first-order valence-electron chi connectivity index (χ1n) is 6.24. The van der Waals surface area contributed by atoms with Crippen LogP contribution in [0.3, 0.4) is 0 Å². The van der Waals surface area contributed by atoms with Crippen LogP contribution in [0, 0.1) is 12.7 Å². The summed E-state index contributed by atoms with van der Waals surface area (Å²) in [4.78, 5) is 5.67. The van der Waals surface area contributed by atoms with Gasteiger partial charge in [0.15, 0.2) is 5.13 Å². The SMILES string of the molecule is Cc1cc(F)c(Br)cc1Cc1sc(N)nc1C1CC1. The van der Waals surface area contributed by atoms with Crippen molar-refractivity contribution in [1.82, 2.24) is 4.98 Å². The predicted octanol–water partition coefficient (Wildman–Crippen LogP) is 4.40. The number of benzene rings is 1. The van der Waals surface area contributed by atoms with Crippen molar-refractivity contribution in [2.75, 3.05) is 5.73 Å². The Kier molecular flexibility index (Phi) is 3.35. The zero-order valence-corrected chi connectivity index (χ0v) is 12.9. The lowest BCUT2D eigenvalue weighted by Crippen LogP contribution is -1.95. The van der Waals surface area contributed by atoms with Gasteiger partial charge in [0.25, 0.3) is 0 Å². The van der Waals surface area contributed by atoms with Crippen molar-refractivity contribution in [3.63, 3.8) is 0 Å². The van der Waals surface area contributed by atoms with Crippen LogP contribution in [0.15, 0.2) is 16.6 Å². The lowest BCUT2D eigenvalue weighted by Gasteiger charge is -2.07. The van der Waals surface area contributed by atoms with Gasteiger partial charge in [0.1, 0.15) is 5.82 Å². The van der Waals surface area contributed by atoms with Gasteiger partial charge in [-0.15, -0.1) is 11.3 Å². The fraction of sp³-hybridized carbons (Fsp3) is 0.357. The summed E-state index contributed by atoms with van der Waals surface area (Å²) >= 11 is 4.80. The second-order valence-electron chi connectivity index (χ2n) is 5.00. The Labute approximate surface area is 124 Å². The standard InChI is InChI=1S/C14H14BrFN2S/c1-7-4-11(16)10(15)5-9(7)6-12-13(8-2-3-8)18-14(17)19-12/h4-5,8H,2-3,6H2,1H3,(H2,17,18). The van der Waals surface area contributed by atoms with Crippen molar-refractivity contribution in [2.24, 2.45) is 0 Å². The number of thiazole rings is 1. The smallest absolute Gasteiger partial charge is 0.180 e. The predicted molar refractivity (Wildman–Crippen MR) is 80.1 cm³/mol. The summed E-state index contributed by atoms with van der Waals surface area (Å²) in [6.07, 6.45) is 3.20. The Morgan fingerprint density at radius 2 is 2.21 bits per heavy atom. The number of nitrogen functional groups attached to an aromatic ring is 1. The van der Waals surface area contributed by atoms with Crippen LogP contribution in [-0.4, -0.2) is 4.98 Å². The Morgan fingerprint density at radius 1 is 1.47 bits per heavy atom. The van der Waals surface area contributed by atoms with E-state index in [1.165, 1.54) is 17.7 Å². The fourth-order valence-electron chi connectivity index (χ4n) is 2.24. The molecule has 3 rings (SSSR count). The number of anilines is 1. The largest absolute Gasteiger partial charge is 0.375 e. The Bertz CT molecular complexity index is 635. The maximum atomic E-state index is 13.4. The van der Waals surface area contributed by atoms with E-state index >= 15 is 0 Å². The van der Waals surface area contributed by atoms with Crippen molar-refractivity contribution in [1.29, 1.82) is 0 Å². The molecule has 0 radical (unpaired) electrons. The highest BCUT2D eigenvalue weighted by Crippen LogP contribution is 2.43. The Morgan fingerprint density at radius 3 is 2.89 bits per heavy atom. The minimum atomic E-state index is -0.215. The highest BCUT2D eigenvalue weighted by Gasteiger charge is 2.29. The summed E-state index contributed by atoms with van der Waals surface area (Å²) in [6, 6.07) is 3.43. The van der Waals surface area contributed by atoms with Crippen LogP contribution in [0.5, 0.6) is 0 Å². The van der Waals surface area contributed by atoms with Crippen LogP contribution >= 0.6 is 27.3 Å². The molecule has 1 heterocycles. The molecule has 0 spiro atoms. The van der Waals surface area contributed by atoms with Crippen molar-refractivity contribution in [3.8, 4) is 0 Å². The molecular weight excluding hydrogens is 327 g/mol. The summed E-state index contributed by atoms with van der Waals surface area (Å²) in [7, 11) is 0. The van der Waals surface area contributed by atoms with Crippen molar-refractivity contribution in [2.45, 2.75) is 32.1 Å². The van der Waals surface area contributed by atoms with E-state index in [4.69, 9.17) is 5.73 Å². The Balaban J connectivity index is 1.95. The lowest BCUT2D eigenvalue weighted by atomic mass is 10.0. The molecule has 0 aliphatic heterocycles. The number of aryl methyl sites for hydroxylation is 1. The summed E-state index contributed by atoms with van der Waals surface area (Å²) in [5.41, 5.74) is 9.07. The maximum absolute atomic E-state index is 13.4. The van der Waals surface area contributed by atoms with Crippen LogP contribution in [-0.2, 0) is 6.42 Å². The van der Waals surface area contributed by atoms with Crippen LogP contribution in [0.4, 0.5) is 9.52 Å². The first-order valence-corrected chi connectivity index (χ1v) is 7.85. The lowest BCUT2D eigenvalue weighted by molar-refractivity contribution is 0.619. The fourth-order valence-corrected chi connectivity index (χ4v) is 3.57. The van der Waals surface area contributed by atoms with Crippen molar-refractivity contribution in [3.05, 3.63) is 44.1 Å². The summed E-state index contributed by atoms with van der Waals surface area (Å²) < 4.78 is 14.0. The van der Waals surface area contributed by atoms with Crippen molar-refractivity contribution >= 4 is 32.4 Å². The van der Waals surface area contributed by atoms with E-state index in [0.717, 1.165) is 23.2 Å². The molecule has 19 heavy (non-hydrogen) atoms. The highest BCUT2D eigenvalue weighted by molar-refractivity contribution is 9.10. The van der Waals surface area contributed by atoms with Crippen LogP contribution < -0.4 is 5.73 Å². The van der Waals surface area contributed by atoms with Crippen LogP contribution in [0.2, 0.25) is 0 Å². The zero-order valence-electron chi connectivity index (χ0n) is 10.5. The van der Waals surface area contributed by atoms with Crippen LogP contribution in [0.1, 0.15) is 40.5 Å². The normalized spacial score (nSPS) is 14.9. The van der Waals surface area contributed by atoms with Gasteiger partial charge in [0.2, 0.25) is 0 Å². The molecule has 0 unspecified atom stereocenters. The van der Waals surface area contributed by atoms with Crippen molar-refractivity contribution < 1.29 is 4.39 Å². The zero-order chi connectivity index (χ0) is 13.6. The molecule has 1 aromatic carbocycles. The minimum absolute atomic E-state index is 0.215. The summed E-state index contributed by atoms with van der Waals surface area (Å²) in [5.74, 6) is 0.375. The molecule has 0 amide bonds. The average Bonchev–Trinajstić information content (AvgIpc) is 3.11. The third-order valence-corrected chi connectivity index (χ3v) is 4.95. The molecule has 1 aliphatic rings. The van der Waals surface area contributed by atoms with Gasteiger partial charge >= 0.3 is 0 Å². The molecule has 0 bridgehead atoms. The molecule has 2 nitrogen and oxygen atoms in total. The van der Waals surface area contributed by atoms with E-state index in [9.17, 15) is 4.39 Å². The quantitative estimate of drug-likeness (QED) is 0.898. The number of nitrogens with zero attached hydrogens (tertiary/aromatic N) is 1. The highest BCUT2D eigenvalue weighted by atomic mass is 79.9.